The molecule has 0 radical (unpaired) electrons. The molecular formula is C31H31Cl2F3N2O6. The molecule has 13 heteroatoms. The van der Waals surface area contributed by atoms with Crippen molar-refractivity contribution in [2.24, 2.45) is 0 Å². The molecule has 0 fully saturated rings. The van der Waals surface area contributed by atoms with E-state index >= 15 is 0 Å². The van der Waals surface area contributed by atoms with Crippen molar-refractivity contribution in [3.63, 3.8) is 0 Å². The van der Waals surface area contributed by atoms with E-state index in [2.05, 4.69) is 5.32 Å². The highest BCUT2D eigenvalue weighted by molar-refractivity contribution is 6.32. The second-order valence-electron chi connectivity index (χ2n) is 9.60. The molecular weight excluding hydrogens is 624 g/mol. The van der Waals surface area contributed by atoms with Gasteiger partial charge in [-0.15, -0.1) is 0 Å². The zero-order valence-electron chi connectivity index (χ0n) is 24.1. The Labute approximate surface area is 262 Å². The first-order valence-electron chi connectivity index (χ1n) is 14.0. The molecule has 2 aliphatic heterocycles. The molecule has 5 rings (SSSR count). The number of hydrogen-bond donors (Lipinski definition) is 1. The fraction of sp³-hybridized carbons (Fsp3) is 0.355. The lowest BCUT2D eigenvalue weighted by atomic mass is 10.1. The summed E-state index contributed by atoms with van der Waals surface area (Å²) in [6.45, 7) is 6.11. The minimum atomic E-state index is -0.831. The van der Waals surface area contributed by atoms with Gasteiger partial charge in [0.25, 0.3) is 0 Å². The molecule has 0 unspecified atom stereocenters. The van der Waals surface area contributed by atoms with Crippen molar-refractivity contribution in [1.82, 2.24) is 0 Å². The van der Waals surface area contributed by atoms with Gasteiger partial charge in [-0.1, -0.05) is 35.3 Å². The van der Waals surface area contributed by atoms with E-state index in [1.807, 2.05) is 4.90 Å². The molecule has 0 amide bonds. The van der Waals surface area contributed by atoms with Crippen molar-refractivity contribution >= 4 is 46.5 Å². The molecule has 2 aliphatic rings. The highest BCUT2D eigenvalue weighted by Gasteiger charge is 2.30. The predicted octanol–water partition coefficient (Wildman–Crippen LogP) is 7.09. The summed E-state index contributed by atoms with van der Waals surface area (Å²) in [5, 5.41) is 2.70. The van der Waals surface area contributed by atoms with E-state index in [1.54, 1.807) is 26.0 Å². The Morgan fingerprint density at radius 1 is 0.886 bits per heavy atom. The summed E-state index contributed by atoms with van der Waals surface area (Å²) >= 11 is 11.7. The van der Waals surface area contributed by atoms with Crippen LogP contribution >= 0.6 is 23.2 Å². The third-order valence-electron chi connectivity index (χ3n) is 6.70. The van der Waals surface area contributed by atoms with E-state index in [4.69, 9.17) is 42.1 Å². The monoisotopic (exact) mass is 654 g/mol. The minimum Gasteiger partial charge on any atom is -0.489 e. The van der Waals surface area contributed by atoms with Gasteiger partial charge in [0.2, 0.25) is 0 Å². The molecule has 3 aromatic carbocycles. The molecule has 236 valence electrons. The second-order valence-corrected chi connectivity index (χ2v) is 10.4. The molecule has 0 saturated carbocycles. The Hall–Kier alpha value is -3.83. The number of carbonyl (C=O) groups is 2. The molecule has 0 spiro atoms. The number of aryl methyl sites for hydroxylation is 1. The Bertz CT molecular complexity index is 1510. The largest absolute Gasteiger partial charge is 0.489 e. The Morgan fingerprint density at radius 3 is 2.11 bits per heavy atom. The molecule has 44 heavy (non-hydrogen) atoms. The molecule has 1 N–H and O–H groups in total. The van der Waals surface area contributed by atoms with Gasteiger partial charge in [0.15, 0.2) is 23.1 Å². The fourth-order valence-electron chi connectivity index (χ4n) is 4.71. The first-order chi connectivity index (χ1) is 21.2. The SMILES string of the molecule is CCOC(=O)c1c(F)c(Cl)cc2c1OCCN2.CCOC(=O)c1c(F)c(Cl)cc2c1OCCN2CCCc1ccc(F)cc1. The standard InChI is InChI=1S/C20H20ClF2NO3.C11H11ClFNO3/c1-2-26-20(25)17-18(23)15(21)12-16-19(17)27-11-10-24(16)9-3-4-13-5-7-14(22)8-6-13;1-2-16-11(15)8-9(13)6(12)5-7-10(8)17-4-3-14-7/h5-8,12H,2-4,9-11H2,1H3;5,14H,2-4H2,1H3. The minimum absolute atomic E-state index is 0.126. The van der Waals surface area contributed by atoms with Crippen LogP contribution in [0.5, 0.6) is 11.5 Å². The smallest absolute Gasteiger partial charge is 0.345 e. The first-order valence-corrected chi connectivity index (χ1v) is 14.8. The normalized spacial score (nSPS) is 13.2. The van der Waals surface area contributed by atoms with Crippen LogP contribution in [0.2, 0.25) is 10.0 Å². The zero-order valence-corrected chi connectivity index (χ0v) is 25.6. The lowest BCUT2D eigenvalue weighted by Crippen LogP contribution is -2.34. The summed E-state index contributed by atoms with van der Waals surface area (Å²) in [4.78, 5) is 25.8. The van der Waals surface area contributed by atoms with Crippen LogP contribution < -0.4 is 19.7 Å². The van der Waals surface area contributed by atoms with Crippen LogP contribution in [0.4, 0.5) is 24.5 Å². The summed E-state index contributed by atoms with van der Waals surface area (Å²) in [7, 11) is 0. The van der Waals surface area contributed by atoms with Crippen LogP contribution in [0.15, 0.2) is 36.4 Å². The summed E-state index contributed by atoms with van der Waals surface area (Å²) in [6, 6.07) is 9.27. The number of benzene rings is 3. The van der Waals surface area contributed by atoms with Gasteiger partial charge in [0, 0.05) is 13.1 Å². The summed E-state index contributed by atoms with van der Waals surface area (Å²) < 4.78 is 61.9. The lowest BCUT2D eigenvalue weighted by molar-refractivity contribution is 0.0505. The second kappa shape index (κ2) is 15.3. The van der Waals surface area contributed by atoms with Crippen LogP contribution in [0.1, 0.15) is 46.5 Å². The number of carbonyl (C=O) groups excluding carboxylic acids is 2. The highest BCUT2D eigenvalue weighted by Crippen LogP contribution is 2.41. The number of fused-ring (bicyclic) bond motifs is 2. The van der Waals surface area contributed by atoms with Crippen molar-refractivity contribution in [3.8, 4) is 11.5 Å². The average molecular weight is 655 g/mol. The molecule has 0 bridgehead atoms. The zero-order chi connectivity index (χ0) is 31.8. The van der Waals surface area contributed by atoms with Gasteiger partial charge in [-0.05, 0) is 56.5 Å². The van der Waals surface area contributed by atoms with Gasteiger partial charge >= 0.3 is 11.9 Å². The number of rotatable bonds is 8. The lowest BCUT2D eigenvalue weighted by Gasteiger charge is -2.32. The first kappa shape index (κ1) is 33.1. The van der Waals surface area contributed by atoms with Gasteiger partial charge < -0.3 is 29.2 Å². The third-order valence-corrected chi connectivity index (χ3v) is 7.25. The van der Waals surface area contributed by atoms with E-state index in [0.717, 1.165) is 18.4 Å². The Balaban J connectivity index is 0.000000223. The summed E-state index contributed by atoms with van der Waals surface area (Å²) in [5.41, 5.74) is 1.61. The van der Waals surface area contributed by atoms with Crippen LogP contribution in [0.3, 0.4) is 0 Å². The van der Waals surface area contributed by atoms with Crippen LogP contribution in [-0.4, -0.2) is 58.0 Å². The van der Waals surface area contributed by atoms with E-state index in [1.165, 1.54) is 24.3 Å². The number of nitrogens with zero attached hydrogens (tertiary/aromatic N) is 1. The van der Waals surface area contributed by atoms with E-state index in [0.29, 0.717) is 44.2 Å². The fourth-order valence-corrected chi connectivity index (χ4v) is 5.11. The predicted molar refractivity (Wildman–Crippen MR) is 161 cm³/mol. The molecule has 0 saturated heterocycles. The van der Waals surface area contributed by atoms with Gasteiger partial charge in [0.1, 0.15) is 30.2 Å². The van der Waals surface area contributed by atoms with Gasteiger partial charge in [-0.3, -0.25) is 0 Å². The maximum atomic E-state index is 14.4. The number of esters is 2. The van der Waals surface area contributed by atoms with Crippen LogP contribution in [0.25, 0.3) is 0 Å². The molecule has 3 aromatic rings. The topological polar surface area (TPSA) is 86.3 Å². The van der Waals surface area contributed by atoms with E-state index in [9.17, 15) is 22.8 Å². The van der Waals surface area contributed by atoms with Gasteiger partial charge in [-0.25, -0.2) is 22.8 Å². The van der Waals surface area contributed by atoms with Crippen molar-refractivity contribution in [2.75, 3.05) is 56.3 Å². The Morgan fingerprint density at radius 2 is 1.48 bits per heavy atom. The number of halogens is 5. The van der Waals surface area contributed by atoms with E-state index < -0.39 is 23.6 Å². The number of ether oxygens (including phenoxy) is 4. The van der Waals surface area contributed by atoms with Crippen molar-refractivity contribution < 1.29 is 41.7 Å². The molecule has 8 nitrogen and oxygen atoms in total. The number of anilines is 2. The van der Waals surface area contributed by atoms with Crippen LogP contribution in [0, 0.1) is 17.5 Å². The summed E-state index contributed by atoms with van der Waals surface area (Å²) in [6.07, 6.45) is 1.57. The van der Waals surface area contributed by atoms with Crippen molar-refractivity contribution in [2.45, 2.75) is 26.7 Å². The van der Waals surface area contributed by atoms with E-state index in [-0.39, 0.29) is 51.7 Å². The molecule has 0 aliphatic carbocycles. The maximum absolute atomic E-state index is 14.4. The maximum Gasteiger partial charge on any atom is 0.345 e. The third kappa shape index (κ3) is 7.62. The molecule has 0 atom stereocenters. The quantitative estimate of drug-likeness (QED) is 0.258. The number of nitrogens with one attached hydrogen (secondary N) is 1. The number of hydrogen-bond acceptors (Lipinski definition) is 8. The van der Waals surface area contributed by atoms with Crippen LogP contribution in [-0.2, 0) is 15.9 Å². The molecule has 2 heterocycles. The highest BCUT2D eigenvalue weighted by atomic mass is 35.5. The average Bonchev–Trinajstić information content (AvgIpc) is 3.00. The van der Waals surface area contributed by atoms with Crippen molar-refractivity contribution in [3.05, 3.63) is 80.6 Å². The van der Waals surface area contributed by atoms with Gasteiger partial charge in [0.05, 0.1) is 41.2 Å². The Kier molecular flexibility index (Phi) is 11.5. The summed E-state index contributed by atoms with van der Waals surface area (Å²) in [5.74, 6) is -3.13. The van der Waals surface area contributed by atoms with Crippen molar-refractivity contribution in [1.29, 1.82) is 0 Å². The molecule has 0 aromatic heterocycles. The van der Waals surface area contributed by atoms with Gasteiger partial charge in [-0.2, -0.15) is 0 Å².